The molecule has 0 amide bonds. The fourth-order valence-electron chi connectivity index (χ4n) is 2.19. The molecule has 4 heteroatoms. The Morgan fingerprint density at radius 2 is 1.52 bits per heavy atom. The van der Waals surface area contributed by atoms with Crippen LogP contribution in [-0.2, 0) is 16.0 Å². The Morgan fingerprint density at radius 3 is 2.14 bits per heavy atom. The minimum absolute atomic E-state index is 0.595. The first-order chi connectivity index (χ1) is 10.2. The van der Waals surface area contributed by atoms with Crippen LogP contribution in [0.2, 0.25) is 0 Å². The predicted molar refractivity (Wildman–Crippen MR) is 80.7 cm³/mol. The summed E-state index contributed by atoms with van der Waals surface area (Å²) in [5.41, 5.74) is 5.64. The average molecular weight is 278 g/mol. The van der Waals surface area contributed by atoms with Crippen molar-refractivity contribution < 1.29 is 9.59 Å². The Balaban J connectivity index is 2.29. The van der Waals surface area contributed by atoms with E-state index in [9.17, 15) is 9.59 Å². The Bertz CT molecular complexity index is 751. The summed E-state index contributed by atoms with van der Waals surface area (Å²) in [5.74, 6) is 0. The molecule has 0 aliphatic carbocycles. The van der Waals surface area contributed by atoms with E-state index >= 15 is 0 Å². The molecule has 0 heterocycles. The summed E-state index contributed by atoms with van der Waals surface area (Å²) in [5, 5.41) is 0. The lowest BCUT2D eigenvalue weighted by Gasteiger charge is -2.10. The third kappa shape index (κ3) is 3.40. The molecule has 0 spiro atoms. The summed E-state index contributed by atoms with van der Waals surface area (Å²) in [4.78, 5) is 27.8. The van der Waals surface area contributed by atoms with Gasteiger partial charge in [0.25, 0.3) is 0 Å². The SMILES string of the molecule is Cc1c(Cc2ccc(N=C=O)cc2)ccc(N=C=O)c1C. The highest BCUT2D eigenvalue weighted by atomic mass is 16.1. The van der Waals surface area contributed by atoms with Gasteiger partial charge in [0.2, 0.25) is 12.2 Å². The van der Waals surface area contributed by atoms with Crippen LogP contribution < -0.4 is 0 Å². The molecule has 0 aromatic heterocycles. The van der Waals surface area contributed by atoms with Crippen molar-refractivity contribution in [3.05, 3.63) is 58.7 Å². The van der Waals surface area contributed by atoms with E-state index in [2.05, 4.69) is 9.98 Å². The maximum absolute atomic E-state index is 10.4. The average Bonchev–Trinajstić information content (AvgIpc) is 2.49. The number of hydrogen-bond donors (Lipinski definition) is 0. The summed E-state index contributed by atoms with van der Waals surface area (Å²) in [6.07, 6.45) is 3.86. The number of aliphatic imine (C=N–C) groups is 2. The number of nitrogens with zero attached hydrogens (tertiary/aromatic N) is 2. The highest BCUT2D eigenvalue weighted by molar-refractivity contribution is 5.58. The van der Waals surface area contributed by atoms with E-state index in [1.54, 1.807) is 18.2 Å². The lowest BCUT2D eigenvalue weighted by Crippen LogP contribution is -1.94. The van der Waals surface area contributed by atoms with Crippen molar-refractivity contribution in [3.63, 3.8) is 0 Å². The largest absolute Gasteiger partial charge is 0.240 e. The van der Waals surface area contributed by atoms with Gasteiger partial charge in [0.1, 0.15) is 0 Å². The monoisotopic (exact) mass is 278 g/mol. The van der Waals surface area contributed by atoms with Gasteiger partial charge in [0.15, 0.2) is 0 Å². The molecular formula is C17H14N2O2. The Labute approximate surface area is 122 Å². The number of rotatable bonds is 4. The van der Waals surface area contributed by atoms with E-state index in [4.69, 9.17) is 0 Å². The van der Waals surface area contributed by atoms with Gasteiger partial charge >= 0.3 is 0 Å². The zero-order valence-electron chi connectivity index (χ0n) is 11.9. The number of carbonyl (C=O) groups excluding carboxylic acids is 2. The first-order valence-electron chi connectivity index (χ1n) is 6.49. The molecule has 2 aromatic rings. The second kappa shape index (κ2) is 6.58. The maximum Gasteiger partial charge on any atom is 0.240 e. The molecule has 0 unspecified atom stereocenters. The summed E-state index contributed by atoms with van der Waals surface area (Å²) >= 11 is 0. The highest BCUT2D eigenvalue weighted by Gasteiger charge is 2.06. The van der Waals surface area contributed by atoms with E-state index in [1.165, 1.54) is 11.6 Å². The van der Waals surface area contributed by atoms with E-state index in [-0.39, 0.29) is 0 Å². The van der Waals surface area contributed by atoms with Crippen molar-refractivity contribution in [2.75, 3.05) is 0 Å². The minimum Gasteiger partial charge on any atom is -0.211 e. The van der Waals surface area contributed by atoms with Gasteiger partial charge in [0, 0.05) is 0 Å². The second-order valence-electron chi connectivity index (χ2n) is 4.74. The van der Waals surface area contributed by atoms with Crippen LogP contribution in [0.4, 0.5) is 11.4 Å². The van der Waals surface area contributed by atoms with Crippen LogP contribution in [0.3, 0.4) is 0 Å². The molecule has 4 nitrogen and oxygen atoms in total. The lowest BCUT2D eigenvalue weighted by atomic mass is 9.96. The molecule has 0 atom stereocenters. The van der Waals surface area contributed by atoms with Crippen LogP contribution in [0.25, 0.3) is 0 Å². The van der Waals surface area contributed by atoms with Gasteiger partial charge in [-0.05, 0) is 60.7 Å². The van der Waals surface area contributed by atoms with Gasteiger partial charge in [0.05, 0.1) is 11.4 Å². The van der Waals surface area contributed by atoms with E-state index in [0.29, 0.717) is 11.4 Å². The smallest absolute Gasteiger partial charge is 0.211 e. The second-order valence-corrected chi connectivity index (χ2v) is 4.74. The van der Waals surface area contributed by atoms with Crippen LogP contribution in [-0.4, -0.2) is 12.2 Å². The molecule has 2 rings (SSSR count). The maximum atomic E-state index is 10.4. The molecule has 0 aliphatic rings. The highest BCUT2D eigenvalue weighted by Crippen LogP contribution is 2.26. The van der Waals surface area contributed by atoms with Crippen molar-refractivity contribution in [2.45, 2.75) is 20.3 Å². The number of hydrogen-bond acceptors (Lipinski definition) is 4. The molecule has 0 radical (unpaired) electrons. The van der Waals surface area contributed by atoms with Crippen molar-refractivity contribution in [3.8, 4) is 0 Å². The number of benzene rings is 2. The minimum atomic E-state index is 0.595. The molecular weight excluding hydrogens is 264 g/mol. The predicted octanol–water partition coefficient (Wildman–Crippen LogP) is 3.83. The first-order valence-corrected chi connectivity index (χ1v) is 6.49. The third-order valence-corrected chi connectivity index (χ3v) is 3.54. The summed E-state index contributed by atoms with van der Waals surface area (Å²) in [6.45, 7) is 3.95. The van der Waals surface area contributed by atoms with Crippen molar-refractivity contribution >= 4 is 23.5 Å². The van der Waals surface area contributed by atoms with Gasteiger partial charge in [-0.2, -0.15) is 9.98 Å². The van der Waals surface area contributed by atoms with E-state index in [1.807, 2.05) is 38.1 Å². The molecule has 0 saturated heterocycles. The van der Waals surface area contributed by atoms with Gasteiger partial charge in [-0.25, -0.2) is 9.59 Å². The van der Waals surface area contributed by atoms with Crippen LogP contribution in [0.1, 0.15) is 22.3 Å². The summed E-state index contributed by atoms with van der Waals surface area (Å²) in [7, 11) is 0. The van der Waals surface area contributed by atoms with Gasteiger partial charge < -0.3 is 0 Å². The molecule has 21 heavy (non-hydrogen) atoms. The molecule has 0 bridgehead atoms. The molecule has 2 aromatic carbocycles. The Kier molecular flexibility index (Phi) is 4.57. The number of isocyanates is 2. The fraction of sp³-hybridized carbons (Fsp3) is 0.176. The quantitative estimate of drug-likeness (QED) is 0.630. The van der Waals surface area contributed by atoms with Crippen LogP contribution in [0.15, 0.2) is 46.4 Å². The summed E-state index contributed by atoms with van der Waals surface area (Å²) < 4.78 is 0. The third-order valence-electron chi connectivity index (χ3n) is 3.54. The Morgan fingerprint density at radius 1 is 0.857 bits per heavy atom. The zero-order valence-corrected chi connectivity index (χ0v) is 11.9. The van der Waals surface area contributed by atoms with Gasteiger partial charge in [-0.1, -0.05) is 18.2 Å². The fourth-order valence-corrected chi connectivity index (χ4v) is 2.19. The van der Waals surface area contributed by atoms with Crippen LogP contribution in [0.5, 0.6) is 0 Å². The molecule has 0 saturated carbocycles. The van der Waals surface area contributed by atoms with Crippen LogP contribution in [0, 0.1) is 13.8 Å². The normalized spacial score (nSPS) is 9.62. The zero-order chi connectivity index (χ0) is 15.2. The van der Waals surface area contributed by atoms with Crippen LogP contribution >= 0.6 is 0 Å². The topological polar surface area (TPSA) is 58.9 Å². The lowest BCUT2D eigenvalue weighted by molar-refractivity contribution is 0.564. The van der Waals surface area contributed by atoms with Crippen molar-refractivity contribution in [2.24, 2.45) is 9.98 Å². The van der Waals surface area contributed by atoms with Crippen molar-refractivity contribution in [1.82, 2.24) is 0 Å². The Hall–Kier alpha value is -2.80. The first kappa shape index (κ1) is 14.6. The molecule has 0 aliphatic heterocycles. The van der Waals surface area contributed by atoms with Gasteiger partial charge in [-0.15, -0.1) is 0 Å². The molecule has 104 valence electrons. The van der Waals surface area contributed by atoms with Crippen molar-refractivity contribution in [1.29, 1.82) is 0 Å². The van der Waals surface area contributed by atoms with E-state index < -0.39 is 0 Å². The van der Waals surface area contributed by atoms with E-state index in [0.717, 1.165) is 23.1 Å². The van der Waals surface area contributed by atoms with Gasteiger partial charge in [-0.3, -0.25) is 0 Å². The summed E-state index contributed by atoms with van der Waals surface area (Å²) in [6, 6.07) is 11.2. The standard InChI is InChI=1S/C17H14N2O2/c1-12-13(2)17(19-11-21)8-5-15(12)9-14-3-6-16(7-4-14)18-10-20/h3-8H,9H2,1-2H3. The molecule has 0 N–H and O–H groups in total. The molecule has 0 fully saturated rings.